The van der Waals surface area contributed by atoms with E-state index in [1.165, 1.54) is 5.56 Å². The Balaban J connectivity index is 2.18. The molecular weight excluding hydrogens is 260 g/mol. The van der Waals surface area contributed by atoms with E-state index >= 15 is 0 Å². The minimum Gasteiger partial charge on any atom is -0.484 e. The molecular formula is C18H24N2O. The molecule has 0 fully saturated rings. The standard InChI is InChI=1S/C18H24N2O/c1-13(19)17(14-6-5-11-20-12-14)21-16-9-7-15(8-10-16)18(2,3)4/h5-13,17H,19H2,1-4H3. The van der Waals surface area contributed by atoms with Crippen LogP contribution < -0.4 is 10.5 Å². The van der Waals surface area contributed by atoms with Crippen LogP contribution in [0.2, 0.25) is 0 Å². The molecule has 0 spiro atoms. The van der Waals surface area contributed by atoms with Gasteiger partial charge in [-0.25, -0.2) is 0 Å². The van der Waals surface area contributed by atoms with E-state index in [1.54, 1.807) is 12.4 Å². The van der Waals surface area contributed by atoms with Gasteiger partial charge in [-0.1, -0.05) is 39.0 Å². The smallest absolute Gasteiger partial charge is 0.140 e. The minimum atomic E-state index is -0.195. The van der Waals surface area contributed by atoms with E-state index in [1.807, 2.05) is 31.2 Å². The molecule has 2 atom stereocenters. The molecule has 3 nitrogen and oxygen atoms in total. The van der Waals surface area contributed by atoms with Crippen molar-refractivity contribution in [3.8, 4) is 5.75 Å². The van der Waals surface area contributed by atoms with Gasteiger partial charge in [0.25, 0.3) is 0 Å². The van der Waals surface area contributed by atoms with Crippen LogP contribution in [0.5, 0.6) is 5.75 Å². The fourth-order valence-corrected chi connectivity index (χ4v) is 2.20. The molecule has 21 heavy (non-hydrogen) atoms. The lowest BCUT2D eigenvalue weighted by Crippen LogP contribution is -2.29. The predicted molar refractivity (Wildman–Crippen MR) is 86.4 cm³/mol. The zero-order chi connectivity index (χ0) is 15.5. The van der Waals surface area contributed by atoms with E-state index in [0.29, 0.717) is 0 Å². The molecule has 112 valence electrons. The molecule has 0 bridgehead atoms. The molecule has 1 heterocycles. The maximum Gasteiger partial charge on any atom is 0.140 e. The molecule has 1 aromatic carbocycles. The summed E-state index contributed by atoms with van der Waals surface area (Å²) in [5, 5.41) is 0. The van der Waals surface area contributed by atoms with E-state index in [0.717, 1.165) is 11.3 Å². The number of hydrogen-bond donors (Lipinski definition) is 1. The number of ether oxygens (including phenoxy) is 1. The summed E-state index contributed by atoms with van der Waals surface area (Å²) in [7, 11) is 0. The number of rotatable bonds is 4. The monoisotopic (exact) mass is 284 g/mol. The number of benzene rings is 1. The van der Waals surface area contributed by atoms with Crippen LogP contribution in [-0.2, 0) is 5.41 Å². The highest BCUT2D eigenvalue weighted by molar-refractivity contribution is 5.32. The Bertz CT molecular complexity index is 556. The van der Waals surface area contributed by atoms with Crippen LogP contribution >= 0.6 is 0 Å². The molecule has 0 radical (unpaired) electrons. The van der Waals surface area contributed by atoms with Crippen LogP contribution in [0.4, 0.5) is 0 Å². The maximum absolute atomic E-state index is 6.06. The second-order valence-electron chi connectivity index (χ2n) is 6.46. The van der Waals surface area contributed by atoms with Crippen molar-refractivity contribution in [3.05, 3.63) is 59.9 Å². The SMILES string of the molecule is CC(N)C(Oc1ccc(C(C)(C)C)cc1)c1cccnc1. The van der Waals surface area contributed by atoms with E-state index < -0.39 is 0 Å². The molecule has 0 aliphatic carbocycles. The van der Waals surface area contributed by atoms with Gasteiger partial charge in [-0.3, -0.25) is 4.98 Å². The van der Waals surface area contributed by atoms with E-state index in [4.69, 9.17) is 10.5 Å². The Kier molecular flexibility index (Phi) is 4.63. The van der Waals surface area contributed by atoms with Crippen molar-refractivity contribution in [2.45, 2.75) is 45.3 Å². The van der Waals surface area contributed by atoms with Gasteiger partial charge < -0.3 is 10.5 Å². The molecule has 2 rings (SSSR count). The van der Waals surface area contributed by atoms with Gasteiger partial charge in [0, 0.05) is 24.0 Å². The molecule has 2 aromatic rings. The number of aromatic nitrogens is 1. The normalized spacial score (nSPS) is 14.5. The van der Waals surface area contributed by atoms with Gasteiger partial charge in [0.2, 0.25) is 0 Å². The summed E-state index contributed by atoms with van der Waals surface area (Å²) in [6.45, 7) is 8.54. The number of pyridine rings is 1. The van der Waals surface area contributed by atoms with E-state index in [9.17, 15) is 0 Å². The molecule has 0 saturated heterocycles. The number of nitrogens with zero attached hydrogens (tertiary/aromatic N) is 1. The molecule has 1 aromatic heterocycles. The molecule has 2 unspecified atom stereocenters. The van der Waals surface area contributed by atoms with Gasteiger partial charge in [-0.05, 0) is 36.1 Å². The summed E-state index contributed by atoms with van der Waals surface area (Å²) in [4.78, 5) is 4.14. The Morgan fingerprint density at radius 3 is 2.24 bits per heavy atom. The highest BCUT2D eigenvalue weighted by Crippen LogP contribution is 2.27. The fraction of sp³-hybridized carbons (Fsp3) is 0.389. The Labute approximate surface area is 127 Å². The highest BCUT2D eigenvalue weighted by Gasteiger charge is 2.19. The minimum absolute atomic E-state index is 0.114. The molecule has 3 heteroatoms. The van der Waals surface area contributed by atoms with Crippen LogP contribution in [0.25, 0.3) is 0 Å². The van der Waals surface area contributed by atoms with Gasteiger partial charge in [-0.15, -0.1) is 0 Å². The van der Waals surface area contributed by atoms with Gasteiger partial charge in [0.15, 0.2) is 0 Å². The van der Waals surface area contributed by atoms with Crippen LogP contribution in [-0.4, -0.2) is 11.0 Å². The van der Waals surface area contributed by atoms with Crippen molar-refractivity contribution < 1.29 is 4.74 Å². The van der Waals surface area contributed by atoms with E-state index in [2.05, 4.69) is 37.9 Å². The second-order valence-corrected chi connectivity index (χ2v) is 6.46. The van der Waals surface area contributed by atoms with Crippen molar-refractivity contribution >= 4 is 0 Å². The van der Waals surface area contributed by atoms with Crippen LogP contribution in [0.1, 0.15) is 44.9 Å². The average molecular weight is 284 g/mol. The van der Waals surface area contributed by atoms with Gasteiger partial charge in [-0.2, -0.15) is 0 Å². The first kappa shape index (κ1) is 15.5. The zero-order valence-electron chi connectivity index (χ0n) is 13.2. The molecule has 2 N–H and O–H groups in total. The lowest BCUT2D eigenvalue weighted by atomic mass is 9.87. The van der Waals surface area contributed by atoms with Crippen molar-refractivity contribution in [1.82, 2.24) is 4.98 Å². The Hall–Kier alpha value is -1.87. The summed E-state index contributed by atoms with van der Waals surface area (Å²) in [6.07, 6.45) is 3.36. The fourth-order valence-electron chi connectivity index (χ4n) is 2.20. The summed E-state index contributed by atoms with van der Waals surface area (Å²) in [5.41, 5.74) is 8.48. The largest absolute Gasteiger partial charge is 0.484 e. The lowest BCUT2D eigenvalue weighted by molar-refractivity contribution is 0.180. The number of nitrogens with two attached hydrogens (primary N) is 1. The Morgan fingerprint density at radius 2 is 1.76 bits per heavy atom. The van der Waals surface area contributed by atoms with Crippen molar-refractivity contribution in [2.24, 2.45) is 5.73 Å². The topological polar surface area (TPSA) is 48.1 Å². The average Bonchev–Trinajstić information content (AvgIpc) is 2.45. The quantitative estimate of drug-likeness (QED) is 0.927. The first-order valence-corrected chi connectivity index (χ1v) is 7.30. The third-order valence-corrected chi connectivity index (χ3v) is 3.47. The third kappa shape index (κ3) is 4.05. The molecule has 0 aliphatic rings. The van der Waals surface area contributed by atoms with Gasteiger partial charge in [0.1, 0.15) is 11.9 Å². The van der Waals surface area contributed by atoms with Crippen molar-refractivity contribution in [3.63, 3.8) is 0 Å². The Morgan fingerprint density at radius 1 is 1.10 bits per heavy atom. The van der Waals surface area contributed by atoms with Crippen LogP contribution in [0, 0.1) is 0 Å². The van der Waals surface area contributed by atoms with Gasteiger partial charge in [0.05, 0.1) is 0 Å². The van der Waals surface area contributed by atoms with Gasteiger partial charge >= 0.3 is 0 Å². The zero-order valence-corrected chi connectivity index (χ0v) is 13.2. The molecule has 0 saturated carbocycles. The predicted octanol–water partition coefficient (Wildman–Crippen LogP) is 3.85. The third-order valence-electron chi connectivity index (χ3n) is 3.47. The van der Waals surface area contributed by atoms with Crippen molar-refractivity contribution in [1.29, 1.82) is 0 Å². The highest BCUT2D eigenvalue weighted by atomic mass is 16.5. The maximum atomic E-state index is 6.06. The molecule has 0 aliphatic heterocycles. The van der Waals surface area contributed by atoms with E-state index in [-0.39, 0.29) is 17.6 Å². The summed E-state index contributed by atoms with van der Waals surface area (Å²) in [5.74, 6) is 0.828. The first-order chi connectivity index (χ1) is 9.88. The lowest BCUT2D eigenvalue weighted by Gasteiger charge is -2.24. The van der Waals surface area contributed by atoms with Crippen LogP contribution in [0.15, 0.2) is 48.8 Å². The second kappa shape index (κ2) is 6.27. The molecule has 0 amide bonds. The number of hydrogen-bond acceptors (Lipinski definition) is 3. The van der Waals surface area contributed by atoms with Crippen LogP contribution in [0.3, 0.4) is 0 Å². The summed E-state index contributed by atoms with van der Waals surface area (Å²) in [6, 6.07) is 12.0. The summed E-state index contributed by atoms with van der Waals surface area (Å²) >= 11 is 0. The van der Waals surface area contributed by atoms with Crippen molar-refractivity contribution in [2.75, 3.05) is 0 Å². The first-order valence-electron chi connectivity index (χ1n) is 7.30. The summed E-state index contributed by atoms with van der Waals surface area (Å²) < 4.78 is 6.06.